The number of para-hydroxylation sites is 1. The lowest BCUT2D eigenvalue weighted by Gasteiger charge is -2.32. The summed E-state index contributed by atoms with van der Waals surface area (Å²) in [4.78, 5) is 18.8. The topological polar surface area (TPSA) is 75.4 Å². The highest BCUT2D eigenvalue weighted by atomic mass is 79.9. The minimum atomic E-state index is -0.409. The van der Waals surface area contributed by atoms with Gasteiger partial charge < -0.3 is 14.4 Å². The Bertz CT molecular complexity index is 1270. The molecule has 178 valence electrons. The number of hydrogen-bond donors (Lipinski definition) is 0. The van der Waals surface area contributed by atoms with Crippen molar-refractivity contribution in [3.8, 4) is 23.1 Å². The van der Waals surface area contributed by atoms with Crippen LogP contribution in [-0.4, -0.2) is 29.1 Å². The molecule has 1 unspecified atom stereocenters. The van der Waals surface area contributed by atoms with Crippen LogP contribution in [0.2, 0.25) is 0 Å². The van der Waals surface area contributed by atoms with Gasteiger partial charge in [0, 0.05) is 24.6 Å². The maximum Gasteiger partial charge on any atom is 0.414 e. The van der Waals surface area contributed by atoms with Gasteiger partial charge >= 0.3 is 6.09 Å². The zero-order valence-electron chi connectivity index (χ0n) is 19.5. The van der Waals surface area contributed by atoms with Crippen LogP contribution in [0.3, 0.4) is 0 Å². The molecule has 2 aromatic carbocycles. The number of aromatic nitrogens is 1. The van der Waals surface area contributed by atoms with Crippen molar-refractivity contribution >= 4 is 22.0 Å². The molecule has 2 heterocycles. The molecular formula is C28H26BrN3O3. The second kappa shape index (κ2) is 11.2. The first-order chi connectivity index (χ1) is 17.0. The van der Waals surface area contributed by atoms with Crippen LogP contribution in [0.4, 0.5) is 4.79 Å². The molecule has 4 rings (SSSR count). The van der Waals surface area contributed by atoms with Gasteiger partial charge in [0.25, 0.3) is 0 Å². The predicted octanol–water partition coefficient (Wildman–Crippen LogP) is 6.81. The maximum absolute atomic E-state index is 12.5. The molecule has 0 saturated carbocycles. The normalized spacial score (nSPS) is 15.2. The number of pyridine rings is 1. The Balaban J connectivity index is 1.65. The smallest absolute Gasteiger partial charge is 0.414 e. The predicted molar refractivity (Wildman–Crippen MR) is 138 cm³/mol. The number of piperidine rings is 1. The SMILES string of the molecule is C=C(C)OC(=O)N1CCCC(c2cc(-c3ccccc3OCc3ccccc3)nc(Br)c2C#N)C1. The van der Waals surface area contributed by atoms with E-state index in [4.69, 9.17) is 9.47 Å². The van der Waals surface area contributed by atoms with E-state index in [0.717, 1.165) is 29.5 Å². The van der Waals surface area contributed by atoms with E-state index in [1.807, 2.05) is 60.7 Å². The van der Waals surface area contributed by atoms with Crippen LogP contribution in [0.25, 0.3) is 11.3 Å². The van der Waals surface area contributed by atoms with E-state index in [0.29, 0.717) is 47.1 Å². The van der Waals surface area contributed by atoms with E-state index in [1.54, 1.807) is 11.8 Å². The lowest BCUT2D eigenvalue weighted by atomic mass is 9.87. The molecule has 1 saturated heterocycles. The Labute approximate surface area is 213 Å². The van der Waals surface area contributed by atoms with Crippen molar-refractivity contribution in [2.45, 2.75) is 32.3 Å². The Kier molecular flexibility index (Phi) is 7.84. The third kappa shape index (κ3) is 5.90. The second-order valence-corrected chi connectivity index (χ2v) is 9.25. The van der Waals surface area contributed by atoms with Crippen molar-refractivity contribution in [1.29, 1.82) is 5.26 Å². The van der Waals surface area contributed by atoms with Crippen molar-refractivity contribution in [2.75, 3.05) is 13.1 Å². The molecule has 0 N–H and O–H groups in total. The number of carbonyl (C=O) groups is 1. The van der Waals surface area contributed by atoms with Gasteiger partial charge in [0.2, 0.25) is 0 Å². The van der Waals surface area contributed by atoms with Crippen LogP contribution >= 0.6 is 15.9 Å². The first-order valence-electron chi connectivity index (χ1n) is 11.4. The fourth-order valence-corrected chi connectivity index (χ4v) is 4.76. The van der Waals surface area contributed by atoms with E-state index < -0.39 is 6.09 Å². The number of carbonyl (C=O) groups excluding carboxylic acids is 1. The van der Waals surface area contributed by atoms with Crippen LogP contribution < -0.4 is 4.74 Å². The number of benzene rings is 2. The van der Waals surface area contributed by atoms with Crippen LogP contribution in [0.15, 0.2) is 77.6 Å². The monoisotopic (exact) mass is 531 g/mol. The van der Waals surface area contributed by atoms with Gasteiger partial charge in [0.15, 0.2) is 0 Å². The Morgan fingerprint density at radius 2 is 1.97 bits per heavy atom. The van der Waals surface area contributed by atoms with Gasteiger partial charge in [-0.25, -0.2) is 9.78 Å². The quantitative estimate of drug-likeness (QED) is 0.258. The Morgan fingerprint density at radius 1 is 1.23 bits per heavy atom. The van der Waals surface area contributed by atoms with E-state index >= 15 is 0 Å². The molecule has 0 spiro atoms. The number of amides is 1. The van der Waals surface area contributed by atoms with Gasteiger partial charge in [-0.1, -0.05) is 49.0 Å². The molecule has 1 amide bonds. The fraction of sp³-hybridized carbons (Fsp3) is 0.250. The molecule has 7 heteroatoms. The molecule has 6 nitrogen and oxygen atoms in total. The highest BCUT2D eigenvalue weighted by Crippen LogP contribution is 2.37. The summed E-state index contributed by atoms with van der Waals surface area (Å²) in [6, 6.07) is 22.0. The number of nitriles is 1. The number of likely N-dealkylation sites (tertiary alicyclic amines) is 1. The fourth-order valence-electron chi connectivity index (χ4n) is 4.25. The summed E-state index contributed by atoms with van der Waals surface area (Å²) in [7, 11) is 0. The summed E-state index contributed by atoms with van der Waals surface area (Å²) in [6.07, 6.45) is 1.26. The number of nitrogens with zero attached hydrogens (tertiary/aromatic N) is 3. The van der Waals surface area contributed by atoms with Gasteiger partial charge in [0.1, 0.15) is 23.0 Å². The van der Waals surface area contributed by atoms with Crippen LogP contribution in [0.1, 0.15) is 42.4 Å². The summed E-state index contributed by atoms with van der Waals surface area (Å²) in [5.74, 6) is 1.05. The van der Waals surface area contributed by atoms with E-state index in [9.17, 15) is 10.1 Å². The number of hydrogen-bond acceptors (Lipinski definition) is 5. The van der Waals surface area contributed by atoms with Crippen molar-refractivity contribution in [3.63, 3.8) is 0 Å². The minimum Gasteiger partial charge on any atom is -0.488 e. The summed E-state index contributed by atoms with van der Waals surface area (Å²) in [5.41, 5.74) is 3.95. The molecule has 35 heavy (non-hydrogen) atoms. The molecule has 0 radical (unpaired) electrons. The number of ether oxygens (including phenoxy) is 2. The standard InChI is InChI=1S/C28H26BrN3O3/c1-19(2)35-28(33)32-14-8-11-21(17-32)23-15-25(31-27(29)24(23)16-30)22-12-6-7-13-26(22)34-18-20-9-4-3-5-10-20/h3-7,9-10,12-13,15,21H,1,8,11,14,17-18H2,2H3. The Hall–Kier alpha value is -3.63. The van der Waals surface area contributed by atoms with E-state index in [2.05, 4.69) is 33.6 Å². The summed E-state index contributed by atoms with van der Waals surface area (Å²) >= 11 is 3.51. The molecule has 0 aliphatic carbocycles. The molecule has 1 aromatic heterocycles. The zero-order chi connectivity index (χ0) is 24.8. The van der Waals surface area contributed by atoms with Crippen LogP contribution in [0.5, 0.6) is 5.75 Å². The highest BCUT2D eigenvalue weighted by molar-refractivity contribution is 9.10. The second-order valence-electron chi connectivity index (χ2n) is 8.50. The molecule has 1 atom stereocenters. The van der Waals surface area contributed by atoms with Gasteiger partial charge in [-0.05, 0) is 65.0 Å². The molecule has 1 fully saturated rings. The number of halogens is 1. The van der Waals surface area contributed by atoms with Crippen molar-refractivity contribution in [3.05, 3.63) is 94.3 Å². The lowest BCUT2D eigenvalue weighted by molar-refractivity contribution is 0.116. The van der Waals surface area contributed by atoms with Gasteiger partial charge in [0.05, 0.1) is 17.0 Å². The van der Waals surface area contributed by atoms with E-state index in [1.165, 1.54) is 0 Å². The third-order valence-corrected chi connectivity index (χ3v) is 6.47. The molecule has 1 aliphatic rings. The average Bonchev–Trinajstić information content (AvgIpc) is 2.87. The van der Waals surface area contributed by atoms with Gasteiger partial charge in [-0.3, -0.25) is 0 Å². The van der Waals surface area contributed by atoms with Crippen molar-refractivity contribution in [1.82, 2.24) is 9.88 Å². The minimum absolute atomic E-state index is 0.0217. The van der Waals surface area contributed by atoms with Crippen LogP contribution in [-0.2, 0) is 11.3 Å². The lowest BCUT2D eigenvalue weighted by Crippen LogP contribution is -2.39. The zero-order valence-corrected chi connectivity index (χ0v) is 21.1. The number of rotatable bonds is 6. The summed E-state index contributed by atoms with van der Waals surface area (Å²) < 4.78 is 11.8. The molecule has 0 bridgehead atoms. The van der Waals surface area contributed by atoms with Gasteiger partial charge in [-0.2, -0.15) is 5.26 Å². The molecular weight excluding hydrogens is 506 g/mol. The number of allylic oxidation sites excluding steroid dienone is 1. The molecule has 3 aromatic rings. The third-order valence-electron chi connectivity index (χ3n) is 5.90. The average molecular weight is 532 g/mol. The largest absolute Gasteiger partial charge is 0.488 e. The highest BCUT2D eigenvalue weighted by Gasteiger charge is 2.29. The maximum atomic E-state index is 12.5. The first kappa shape index (κ1) is 24.5. The van der Waals surface area contributed by atoms with Crippen molar-refractivity contribution < 1.29 is 14.3 Å². The van der Waals surface area contributed by atoms with Crippen molar-refractivity contribution in [2.24, 2.45) is 0 Å². The first-order valence-corrected chi connectivity index (χ1v) is 12.2. The van der Waals surface area contributed by atoms with Gasteiger partial charge in [-0.15, -0.1) is 0 Å². The summed E-state index contributed by atoms with van der Waals surface area (Å²) in [6.45, 7) is 6.81. The Morgan fingerprint density at radius 3 is 2.71 bits per heavy atom. The summed E-state index contributed by atoms with van der Waals surface area (Å²) in [5, 5.41) is 9.89. The van der Waals surface area contributed by atoms with E-state index in [-0.39, 0.29) is 5.92 Å². The van der Waals surface area contributed by atoms with Crippen LogP contribution in [0, 0.1) is 11.3 Å². The molecule has 1 aliphatic heterocycles.